The first kappa shape index (κ1) is 21.4. The summed E-state index contributed by atoms with van der Waals surface area (Å²) in [4.78, 5) is 25.2. The summed E-state index contributed by atoms with van der Waals surface area (Å²) in [7, 11) is 3.10. The molecule has 1 aromatic heterocycles. The van der Waals surface area contributed by atoms with Gasteiger partial charge in [0.15, 0.2) is 11.6 Å². The van der Waals surface area contributed by atoms with Gasteiger partial charge in [-0.15, -0.1) is 0 Å². The molecule has 1 amide bonds. The van der Waals surface area contributed by atoms with Crippen LogP contribution in [0, 0.1) is 5.82 Å². The molecule has 0 unspecified atom stereocenters. The van der Waals surface area contributed by atoms with E-state index in [1.807, 2.05) is 41.1 Å². The van der Waals surface area contributed by atoms with Crippen LogP contribution in [0.25, 0.3) is 10.9 Å². The largest absolute Gasteiger partial charge is 0.494 e. The molecule has 164 valence electrons. The molecule has 0 aliphatic rings. The molecule has 0 bridgehead atoms. The summed E-state index contributed by atoms with van der Waals surface area (Å²) >= 11 is 0. The average Bonchev–Trinajstić information content (AvgIpc) is 3.04. The van der Waals surface area contributed by atoms with E-state index in [1.165, 1.54) is 17.9 Å². The van der Waals surface area contributed by atoms with Crippen molar-refractivity contribution in [3.8, 4) is 5.75 Å². The number of benzene rings is 3. The van der Waals surface area contributed by atoms with E-state index >= 15 is 0 Å². The van der Waals surface area contributed by atoms with E-state index in [1.54, 1.807) is 31.3 Å². The van der Waals surface area contributed by atoms with E-state index in [-0.39, 0.29) is 17.2 Å². The lowest BCUT2D eigenvalue weighted by Crippen LogP contribution is -2.19. The van der Waals surface area contributed by atoms with E-state index in [9.17, 15) is 14.0 Å². The zero-order chi connectivity index (χ0) is 22.7. The van der Waals surface area contributed by atoms with Gasteiger partial charge in [-0.25, -0.2) is 4.39 Å². The summed E-state index contributed by atoms with van der Waals surface area (Å²) in [5.74, 6) is -0.387. The molecule has 32 heavy (non-hydrogen) atoms. The van der Waals surface area contributed by atoms with Gasteiger partial charge in [0, 0.05) is 19.2 Å². The molecule has 4 rings (SSSR count). The molecule has 0 saturated carbocycles. The SMILES string of the molecule is COc1cc(Cn2c3ccc(NC(=O)CCc4ccccc4)cc3c(=O)n2C)ccc1F. The number of amides is 1. The van der Waals surface area contributed by atoms with E-state index in [0.717, 1.165) is 16.6 Å². The summed E-state index contributed by atoms with van der Waals surface area (Å²) in [5, 5.41) is 3.38. The number of nitrogens with one attached hydrogen (secondary N) is 1. The van der Waals surface area contributed by atoms with E-state index in [4.69, 9.17) is 4.74 Å². The van der Waals surface area contributed by atoms with Crippen molar-refractivity contribution in [1.29, 1.82) is 0 Å². The highest BCUT2D eigenvalue weighted by Crippen LogP contribution is 2.22. The first-order chi connectivity index (χ1) is 15.5. The fraction of sp³-hybridized carbons (Fsp3) is 0.200. The zero-order valence-corrected chi connectivity index (χ0v) is 18.0. The number of rotatable bonds is 7. The van der Waals surface area contributed by atoms with Gasteiger partial charge in [-0.05, 0) is 47.9 Å². The number of carbonyl (C=O) groups excluding carboxylic acids is 1. The smallest absolute Gasteiger partial charge is 0.274 e. The lowest BCUT2D eigenvalue weighted by Gasteiger charge is -2.11. The lowest BCUT2D eigenvalue weighted by atomic mass is 10.1. The Balaban J connectivity index is 1.54. The van der Waals surface area contributed by atoms with Crippen LogP contribution in [0.5, 0.6) is 5.75 Å². The minimum absolute atomic E-state index is 0.108. The Morgan fingerprint density at radius 3 is 2.56 bits per heavy atom. The maximum atomic E-state index is 13.7. The number of halogens is 1. The molecule has 0 fully saturated rings. The van der Waals surface area contributed by atoms with Crippen molar-refractivity contribution in [1.82, 2.24) is 9.36 Å². The van der Waals surface area contributed by atoms with Gasteiger partial charge in [0.05, 0.1) is 24.6 Å². The van der Waals surface area contributed by atoms with Crippen molar-refractivity contribution in [2.24, 2.45) is 7.05 Å². The van der Waals surface area contributed by atoms with Crippen LogP contribution in [-0.4, -0.2) is 22.4 Å². The molecule has 0 atom stereocenters. The van der Waals surface area contributed by atoms with Crippen molar-refractivity contribution in [2.75, 3.05) is 12.4 Å². The standard InChI is InChI=1S/C25H24FN3O3/c1-28-25(31)20-15-19(27-24(30)13-9-17-6-4-3-5-7-17)10-12-22(20)29(28)16-18-8-11-21(26)23(14-18)32-2/h3-8,10-12,14-15H,9,13,16H2,1-2H3,(H,27,30). The topological polar surface area (TPSA) is 65.3 Å². The number of ether oxygens (including phenoxy) is 1. The molecule has 6 nitrogen and oxygen atoms in total. The molecule has 4 aromatic rings. The van der Waals surface area contributed by atoms with Crippen molar-refractivity contribution in [3.05, 3.63) is 94.0 Å². The van der Waals surface area contributed by atoms with Crippen molar-refractivity contribution in [2.45, 2.75) is 19.4 Å². The average molecular weight is 433 g/mol. The van der Waals surface area contributed by atoms with E-state index in [2.05, 4.69) is 5.32 Å². The fourth-order valence-electron chi connectivity index (χ4n) is 3.75. The highest BCUT2D eigenvalue weighted by Gasteiger charge is 2.14. The molecular weight excluding hydrogens is 409 g/mol. The van der Waals surface area contributed by atoms with Crippen LogP contribution in [-0.2, 0) is 24.8 Å². The summed E-state index contributed by atoms with van der Waals surface area (Å²) in [6.07, 6.45) is 1.00. The number of fused-ring (bicyclic) bond motifs is 1. The Labute approximate surface area is 184 Å². The van der Waals surface area contributed by atoms with Gasteiger partial charge in [0.1, 0.15) is 0 Å². The Morgan fingerprint density at radius 1 is 1.03 bits per heavy atom. The Kier molecular flexibility index (Phi) is 6.07. The monoisotopic (exact) mass is 433 g/mol. The molecule has 1 N–H and O–H groups in total. The van der Waals surface area contributed by atoms with Gasteiger partial charge in [-0.3, -0.25) is 19.0 Å². The second-order valence-electron chi connectivity index (χ2n) is 7.62. The highest BCUT2D eigenvalue weighted by molar-refractivity contribution is 5.93. The summed E-state index contributed by atoms with van der Waals surface area (Å²) in [5.41, 5.74) is 3.03. The first-order valence-corrected chi connectivity index (χ1v) is 10.3. The second-order valence-corrected chi connectivity index (χ2v) is 7.62. The molecule has 0 aliphatic carbocycles. The summed E-state index contributed by atoms with van der Waals surface area (Å²) in [6.45, 7) is 0.370. The van der Waals surface area contributed by atoms with Crippen LogP contribution >= 0.6 is 0 Å². The van der Waals surface area contributed by atoms with Crippen LogP contribution in [0.2, 0.25) is 0 Å². The van der Waals surface area contributed by atoms with Gasteiger partial charge in [-0.2, -0.15) is 0 Å². The molecule has 3 aromatic carbocycles. The number of hydrogen-bond acceptors (Lipinski definition) is 3. The third-order valence-corrected chi connectivity index (χ3v) is 5.48. The lowest BCUT2D eigenvalue weighted by molar-refractivity contribution is -0.116. The van der Waals surface area contributed by atoms with Gasteiger partial charge >= 0.3 is 0 Å². The predicted molar refractivity (Wildman–Crippen MR) is 123 cm³/mol. The molecule has 0 radical (unpaired) electrons. The number of carbonyl (C=O) groups is 1. The molecule has 7 heteroatoms. The van der Waals surface area contributed by atoms with Crippen molar-refractivity contribution >= 4 is 22.5 Å². The Morgan fingerprint density at radius 2 is 1.81 bits per heavy atom. The Bertz CT molecular complexity index is 1330. The molecular formula is C25H24FN3O3. The second kappa shape index (κ2) is 9.09. The minimum atomic E-state index is -0.435. The first-order valence-electron chi connectivity index (χ1n) is 10.3. The Hall–Kier alpha value is -3.87. The molecule has 0 aliphatic heterocycles. The normalized spacial score (nSPS) is 11.0. The minimum Gasteiger partial charge on any atom is -0.494 e. The van der Waals surface area contributed by atoms with E-state index < -0.39 is 5.82 Å². The van der Waals surface area contributed by atoms with Crippen LogP contribution in [0.4, 0.5) is 10.1 Å². The molecule has 0 spiro atoms. The van der Waals surface area contributed by atoms with Gasteiger partial charge in [-0.1, -0.05) is 36.4 Å². The third kappa shape index (κ3) is 4.42. The maximum Gasteiger partial charge on any atom is 0.274 e. The van der Waals surface area contributed by atoms with Crippen LogP contribution in [0.15, 0.2) is 71.5 Å². The molecule has 1 heterocycles. The van der Waals surface area contributed by atoms with Crippen molar-refractivity contribution in [3.63, 3.8) is 0 Å². The fourth-order valence-corrected chi connectivity index (χ4v) is 3.75. The predicted octanol–water partition coefficient (Wildman–Crippen LogP) is 4.11. The summed E-state index contributed by atoms with van der Waals surface area (Å²) in [6, 6.07) is 19.7. The number of methoxy groups -OCH3 is 1. The quantitative estimate of drug-likeness (QED) is 0.477. The van der Waals surface area contributed by atoms with E-state index in [0.29, 0.717) is 30.5 Å². The zero-order valence-electron chi connectivity index (χ0n) is 18.0. The number of anilines is 1. The maximum absolute atomic E-state index is 13.7. The summed E-state index contributed by atoms with van der Waals surface area (Å²) < 4.78 is 22.1. The number of aryl methyl sites for hydroxylation is 1. The third-order valence-electron chi connectivity index (χ3n) is 5.48. The molecule has 0 saturated heterocycles. The number of hydrogen-bond donors (Lipinski definition) is 1. The number of aromatic nitrogens is 2. The van der Waals surface area contributed by atoms with Crippen LogP contribution in [0.3, 0.4) is 0 Å². The van der Waals surface area contributed by atoms with Crippen molar-refractivity contribution < 1.29 is 13.9 Å². The number of nitrogens with zero attached hydrogens (tertiary/aromatic N) is 2. The van der Waals surface area contributed by atoms with Gasteiger partial charge in [0.25, 0.3) is 5.56 Å². The van der Waals surface area contributed by atoms with Gasteiger partial charge < -0.3 is 10.1 Å². The van der Waals surface area contributed by atoms with Crippen LogP contribution < -0.4 is 15.6 Å². The van der Waals surface area contributed by atoms with Gasteiger partial charge in [0.2, 0.25) is 5.91 Å². The highest BCUT2D eigenvalue weighted by atomic mass is 19.1. The van der Waals surface area contributed by atoms with Crippen LogP contribution in [0.1, 0.15) is 17.5 Å².